The Morgan fingerprint density at radius 2 is 1.67 bits per heavy atom. The highest BCUT2D eigenvalue weighted by Gasteiger charge is 2.15. The van der Waals surface area contributed by atoms with Gasteiger partial charge in [0.2, 0.25) is 0 Å². The second-order valence-electron chi connectivity index (χ2n) is 3.96. The molecule has 2 aromatic carbocycles. The van der Waals surface area contributed by atoms with E-state index in [2.05, 4.69) is 4.72 Å². The number of rotatable bonds is 3. The van der Waals surface area contributed by atoms with Crippen LogP contribution in [0.3, 0.4) is 0 Å². The average molecular weight is 262 g/mol. The van der Waals surface area contributed by atoms with Crippen LogP contribution in [0.5, 0.6) is 0 Å². The van der Waals surface area contributed by atoms with Gasteiger partial charge in [-0.3, -0.25) is 4.72 Å². The van der Waals surface area contributed by atoms with Gasteiger partial charge in [-0.2, -0.15) is 0 Å². The molecule has 0 unspecified atom stereocenters. The minimum atomic E-state index is -3.59. The zero-order valence-electron chi connectivity index (χ0n) is 9.92. The Bertz CT molecular complexity index is 632. The molecule has 0 aromatic heterocycles. The molecule has 0 fully saturated rings. The van der Waals surface area contributed by atoms with Gasteiger partial charge in [0.05, 0.1) is 16.3 Å². The third kappa shape index (κ3) is 2.46. The summed E-state index contributed by atoms with van der Waals surface area (Å²) in [7, 11) is -3.59. The molecule has 0 atom stereocenters. The van der Waals surface area contributed by atoms with E-state index in [0.29, 0.717) is 11.4 Å². The molecule has 0 amide bonds. The first kappa shape index (κ1) is 12.4. The van der Waals surface area contributed by atoms with E-state index < -0.39 is 10.0 Å². The number of para-hydroxylation sites is 1. The highest BCUT2D eigenvalue weighted by molar-refractivity contribution is 7.92. The van der Waals surface area contributed by atoms with Crippen LogP contribution >= 0.6 is 0 Å². The zero-order chi connectivity index (χ0) is 13.2. The Morgan fingerprint density at radius 1 is 1.00 bits per heavy atom. The first-order valence-electron chi connectivity index (χ1n) is 5.43. The van der Waals surface area contributed by atoms with Crippen LogP contribution in [-0.4, -0.2) is 8.42 Å². The van der Waals surface area contributed by atoms with E-state index in [1.54, 1.807) is 43.3 Å². The topological polar surface area (TPSA) is 72.2 Å². The maximum absolute atomic E-state index is 12.1. The van der Waals surface area contributed by atoms with Gasteiger partial charge in [-0.05, 0) is 30.7 Å². The van der Waals surface area contributed by atoms with Gasteiger partial charge in [-0.1, -0.05) is 30.3 Å². The summed E-state index contributed by atoms with van der Waals surface area (Å²) in [6.45, 7) is 1.80. The van der Waals surface area contributed by atoms with Crippen molar-refractivity contribution in [1.82, 2.24) is 0 Å². The summed E-state index contributed by atoms with van der Waals surface area (Å²) in [6.07, 6.45) is 0. The van der Waals surface area contributed by atoms with Crippen LogP contribution in [0.4, 0.5) is 11.4 Å². The van der Waals surface area contributed by atoms with Crippen molar-refractivity contribution in [2.75, 3.05) is 10.5 Å². The standard InChI is InChI=1S/C13H14N2O2S/c1-10-6-5-9-12(14)13(10)15-18(16,17)11-7-3-2-4-8-11/h2-9,15H,14H2,1H3. The quantitative estimate of drug-likeness (QED) is 0.834. The molecule has 94 valence electrons. The van der Waals surface area contributed by atoms with Gasteiger partial charge in [0.25, 0.3) is 10.0 Å². The van der Waals surface area contributed by atoms with Crippen molar-refractivity contribution in [3.05, 3.63) is 54.1 Å². The Labute approximate surface area is 107 Å². The van der Waals surface area contributed by atoms with Crippen molar-refractivity contribution in [2.24, 2.45) is 0 Å². The summed E-state index contributed by atoms with van der Waals surface area (Å²) < 4.78 is 26.8. The van der Waals surface area contributed by atoms with E-state index in [9.17, 15) is 8.42 Å². The summed E-state index contributed by atoms with van der Waals surface area (Å²) in [5.41, 5.74) is 7.41. The monoisotopic (exact) mass is 262 g/mol. The fraction of sp³-hybridized carbons (Fsp3) is 0.0769. The third-order valence-electron chi connectivity index (χ3n) is 2.59. The lowest BCUT2D eigenvalue weighted by atomic mass is 10.2. The molecule has 4 nitrogen and oxygen atoms in total. The van der Waals surface area contributed by atoms with E-state index in [-0.39, 0.29) is 4.90 Å². The van der Waals surface area contributed by atoms with Gasteiger partial charge in [-0.25, -0.2) is 8.42 Å². The highest BCUT2D eigenvalue weighted by Crippen LogP contribution is 2.25. The first-order chi connectivity index (χ1) is 8.50. The number of anilines is 2. The molecule has 3 N–H and O–H groups in total. The van der Waals surface area contributed by atoms with Crippen molar-refractivity contribution in [3.8, 4) is 0 Å². The lowest BCUT2D eigenvalue weighted by molar-refractivity contribution is 0.601. The molecule has 0 aliphatic rings. The SMILES string of the molecule is Cc1cccc(N)c1NS(=O)(=O)c1ccccc1. The summed E-state index contributed by atoms with van der Waals surface area (Å²) in [6, 6.07) is 13.4. The molecular formula is C13H14N2O2S. The van der Waals surface area contributed by atoms with Crippen molar-refractivity contribution in [3.63, 3.8) is 0 Å². The molecule has 0 saturated heterocycles. The molecule has 0 heterocycles. The lowest BCUT2D eigenvalue weighted by Gasteiger charge is -2.12. The highest BCUT2D eigenvalue weighted by atomic mass is 32.2. The van der Waals surface area contributed by atoms with E-state index >= 15 is 0 Å². The smallest absolute Gasteiger partial charge is 0.261 e. The number of nitrogens with two attached hydrogens (primary N) is 1. The zero-order valence-corrected chi connectivity index (χ0v) is 10.7. The third-order valence-corrected chi connectivity index (χ3v) is 3.96. The van der Waals surface area contributed by atoms with Crippen LogP contribution in [0.25, 0.3) is 0 Å². The lowest BCUT2D eigenvalue weighted by Crippen LogP contribution is -2.14. The van der Waals surface area contributed by atoms with Crippen LogP contribution in [-0.2, 0) is 10.0 Å². The predicted octanol–water partition coefficient (Wildman–Crippen LogP) is 2.38. The first-order valence-corrected chi connectivity index (χ1v) is 6.92. The minimum absolute atomic E-state index is 0.215. The van der Waals surface area contributed by atoms with E-state index in [0.717, 1.165) is 5.56 Å². The van der Waals surface area contributed by atoms with Crippen LogP contribution in [0.1, 0.15) is 5.56 Å². The second kappa shape index (κ2) is 4.70. The van der Waals surface area contributed by atoms with E-state index in [1.807, 2.05) is 0 Å². The number of hydrogen-bond donors (Lipinski definition) is 2. The van der Waals surface area contributed by atoms with E-state index in [1.165, 1.54) is 12.1 Å². The molecule has 18 heavy (non-hydrogen) atoms. The van der Waals surface area contributed by atoms with Crippen molar-refractivity contribution >= 4 is 21.4 Å². The van der Waals surface area contributed by atoms with Crippen molar-refractivity contribution < 1.29 is 8.42 Å². The summed E-state index contributed by atoms with van der Waals surface area (Å²) in [4.78, 5) is 0.215. The number of benzene rings is 2. The largest absolute Gasteiger partial charge is 0.397 e. The summed E-state index contributed by atoms with van der Waals surface area (Å²) >= 11 is 0. The van der Waals surface area contributed by atoms with Crippen molar-refractivity contribution in [1.29, 1.82) is 0 Å². The molecule has 2 rings (SSSR count). The fourth-order valence-electron chi connectivity index (χ4n) is 1.62. The number of sulfonamides is 1. The van der Waals surface area contributed by atoms with Crippen molar-refractivity contribution in [2.45, 2.75) is 11.8 Å². The normalized spacial score (nSPS) is 11.2. The summed E-state index contributed by atoms with van der Waals surface area (Å²) in [5, 5.41) is 0. The molecule has 0 aliphatic carbocycles. The molecular weight excluding hydrogens is 248 g/mol. The predicted molar refractivity (Wildman–Crippen MR) is 72.8 cm³/mol. The van der Waals surface area contributed by atoms with Gasteiger partial charge in [-0.15, -0.1) is 0 Å². The molecule has 0 saturated carbocycles. The van der Waals surface area contributed by atoms with Crippen LogP contribution < -0.4 is 10.5 Å². The number of hydrogen-bond acceptors (Lipinski definition) is 3. The average Bonchev–Trinajstić information content (AvgIpc) is 2.35. The van der Waals surface area contributed by atoms with Crippen LogP contribution in [0.2, 0.25) is 0 Å². The Hall–Kier alpha value is -2.01. The van der Waals surface area contributed by atoms with Gasteiger partial charge >= 0.3 is 0 Å². The Kier molecular flexibility index (Phi) is 3.25. The molecule has 0 bridgehead atoms. The molecule has 2 aromatic rings. The summed E-state index contributed by atoms with van der Waals surface area (Å²) in [5.74, 6) is 0. The maximum Gasteiger partial charge on any atom is 0.261 e. The molecule has 0 aliphatic heterocycles. The second-order valence-corrected chi connectivity index (χ2v) is 5.64. The maximum atomic E-state index is 12.1. The van der Waals surface area contributed by atoms with Gasteiger partial charge < -0.3 is 5.73 Å². The van der Waals surface area contributed by atoms with Crippen LogP contribution in [0.15, 0.2) is 53.4 Å². The molecule has 5 heteroatoms. The number of aryl methyl sites for hydroxylation is 1. The van der Waals surface area contributed by atoms with Crippen LogP contribution in [0, 0.1) is 6.92 Å². The minimum Gasteiger partial charge on any atom is -0.397 e. The number of nitrogens with one attached hydrogen (secondary N) is 1. The van der Waals surface area contributed by atoms with Gasteiger partial charge in [0.15, 0.2) is 0 Å². The fourth-order valence-corrected chi connectivity index (χ4v) is 2.80. The Balaban J connectivity index is 2.41. The molecule has 0 spiro atoms. The van der Waals surface area contributed by atoms with E-state index in [4.69, 9.17) is 5.73 Å². The Morgan fingerprint density at radius 3 is 2.28 bits per heavy atom. The molecule has 0 radical (unpaired) electrons. The number of nitrogen functional groups attached to an aromatic ring is 1. The van der Waals surface area contributed by atoms with Gasteiger partial charge in [0, 0.05) is 0 Å². The van der Waals surface area contributed by atoms with Gasteiger partial charge in [0.1, 0.15) is 0 Å².